The number of hydrogen-bond donors (Lipinski definition) is 0. The average molecular weight is 256 g/mol. The van der Waals surface area contributed by atoms with Crippen molar-refractivity contribution in [3.05, 3.63) is 11.1 Å². The topological polar surface area (TPSA) is 68.7 Å². The predicted molar refractivity (Wildman–Crippen MR) is 61.1 cm³/mol. The van der Waals surface area contributed by atoms with Crippen LogP contribution in [-0.2, 0) is 20.7 Å². The smallest absolute Gasteiger partial charge is 0.416 e. The zero-order valence-corrected chi connectivity index (χ0v) is 10.2. The fraction of sp³-hybridized carbons (Fsp3) is 0.500. The zero-order valence-electron chi connectivity index (χ0n) is 9.34. The Bertz CT molecular complexity index is 432. The average Bonchev–Trinajstić information content (AvgIpc) is 2.87. The molecule has 0 bridgehead atoms. The number of anilines is 1. The molecule has 0 atom stereocenters. The summed E-state index contributed by atoms with van der Waals surface area (Å²) in [4.78, 5) is 28.2. The molecule has 0 N–H and O–H groups in total. The van der Waals surface area contributed by atoms with E-state index in [1.54, 1.807) is 12.3 Å². The highest BCUT2D eigenvalue weighted by Gasteiger charge is 2.26. The van der Waals surface area contributed by atoms with Crippen molar-refractivity contribution >= 4 is 28.5 Å². The van der Waals surface area contributed by atoms with Crippen molar-refractivity contribution < 1.29 is 19.1 Å². The lowest BCUT2D eigenvalue weighted by Gasteiger charge is -2.06. The Morgan fingerprint density at radius 3 is 3.18 bits per heavy atom. The van der Waals surface area contributed by atoms with Gasteiger partial charge >= 0.3 is 12.1 Å². The highest BCUT2D eigenvalue weighted by molar-refractivity contribution is 7.14. The van der Waals surface area contributed by atoms with Gasteiger partial charge in [-0.2, -0.15) is 0 Å². The first-order chi connectivity index (χ1) is 8.20. The summed E-state index contributed by atoms with van der Waals surface area (Å²) in [6.07, 6.45) is -0.255. The normalized spacial score (nSPS) is 14.9. The maximum atomic E-state index is 11.3. The largest absolute Gasteiger partial charge is 0.466 e. The van der Waals surface area contributed by atoms with E-state index in [9.17, 15) is 9.59 Å². The highest BCUT2D eigenvalue weighted by atomic mass is 32.1. The van der Waals surface area contributed by atoms with E-state index in [0.29, 0.717) is 30.6 Å². The molecule has 2 rings (SSSR count). The van der Waals surface area contributed by atoms with Gasteiger partial charge in [-0.05, 0) is 6.92 Å². The zero-order chi connectivity index (χ0) is 12.3. The first-order valence-corrected chi connectivity index (χ1v) is 6.13. The number of ether oxygens (including phenoxy) is 2. The number of nitrogens with zero attached hydrogens (tertiary/aromatic N) is 2. The molecule has 0 unspecified atom stereocenters. The van der Waals surface area contributed by atoms with Gasteiger partial charge in [0.05, 0.1) is 25.3 Å². The third-order valence-corrected chi connectivity index (χ3v) is 3.07. The third-order valence-electron chi connectivity index (χ3n) is 2.16. The summed E-state index contributed by atoms with van der Waals surface area (Å²) >= 11 is 1.32. The van der Waals surface area contributed by atoms with Crippen LogP contribution in [0.5, 0.6) is 0 Å². The number of cyclic esters (lactones) is 1. The van der Waals surface area contributed by atoms with E-state index in [1.165, 1.54) is 16.2 Å². The molecule has 2 heterocycles. The van der Waals surface area contributed by atoms with Gasteiger partial charge in [0.1, 0.15) is 6.61 Å². The van der Waals surface area contributed by atoms with Crippen molar-refractivity contribution in [2.24, 2.45) is 0 Å². The molecule has 1 saturated heterocycles. The maximum Gasteiger partial charge on any atom is 0.416 e. The Morgan fingerprint density at radius 1 is 1.71 bits per heavy atom. The quantitative estimate of drug-likeness (QED) is 0.757. The number of carbonyl (C=O) groups excluding carboxylic acids is 2. The van der Waals surface area contributed by atoms with Gasteiger partial charge in [-0.25, -0.2) is 14.7 Å². The van der Waals surface area contributed by atoms with Crippen LogP contribution in [0.2, 0.25) is 0 Å². The molecule has 92 valence electrons. The Labute approximate surface area is 102 Å². The van der Waals surface area contributed by atoms with Gasteiger partial charge in [0.2, 0.25) is 0 Å². The van der Waals surface area contributed by atoms with E-state index in [4.69, 9.17) is 9.47 Å². The molecule has 1 aliphatic rings. The van der Waals surface area contributed by atoms with Crippen molar-refractivity contribution in [3.63, 3.8) is 0 Å². The standard InChI is InChI=1S/C10H12N2O4S/c1-2-15-8(13)5-7-6-17-9(11-7)12-3-4-16-10(12)14/h6H,2-5H2,1H3. The number of aromatic nitrogens is 1. The lowest BCUT2D eigenvalue weighted by molar-refractivity contribution is -0.142. The second-order valence-corrected chi connectivity index (χ2v) is 4.21. The van der Waals surface area contributed by atoms with Crippen LogP contribution in [0.1, 0.15) is 12.6 Å². The fourth-order valence-electron chi connectivity index (χ4n) is 1.43. The van der Waals surface area contributed by atoms with E-state index < -0.39 is 0 Å². The van der Waals surface area contributed by atoms with Crippen molar-refractivity contribution in [1.29, 1.82) is 0 Å². The van der Waals surface area contributed by atoms with Crippen molar-refractivity contribution in [3.8, 4) is 0 Å². The molecular weight excluding hydrogens is 244 g/mol. The van der Waals surface area contributed by atoms with Crippen LogP contribution in [0.3, 0.4) is 0 Å². The molecule has 0 spiro atoms. The molecule has 6 nitrogen and oxygen atoms in total. The fourth-order valence-corrected chi connectivity index (χ4v) is 2.27. The van der Waals surface area contributed by atoms with Crippen LogP contribution in [0.4, 0.5) is 9.93 Å². The number of rotatable bonds is 4. The minimum atomic E-state index is -0.387. The van der Waals surface area contributed by atoms with Crippen LogP contribution < -0.4 is 4.90 Å². The Hall–Kier alpha value is -1.63. The number of carbonyl (C=O) groups is 2. The van der Waals surface area contributed by atoms with Gasteiger partial charge in [-0.1, -0.05) is 0 Å². The van der Waals surface area contributed by atoms with Gasteiger partial charge < -0.3 is 9.47 Å². The van der Waals surface area contributed by atoms with Gasteiger partial charge in [0.15, 0.2) is 5.13 Å². The van der Waals surface area contributed by atoms with Crippen LogP contribution in [0, 0.1) is 0 Å². The second-order valence-electron chi connectivity index (χ2n) is 3.37. The lowest BCUT2D eigenvalue weighted by atomic mass is 10.3. The number of amides is 1. The molecule has 1 aliphatic heterocycles. The summed E-state index contributed by atoms with van der Waals surface area (Å²) < 4.78 is 9.63. The van der Waals surface area contributed by atoms with Crippen LogP contribution >= 0.6 is 11.3 Å². The number of esters is 1. The van der Waals surface area contributed by atoms with E-state index in [-0.39, 0.29) is 18.5 Å². The first kappa shape index (κ1) is 11.8. The summed E-state index contributed by atoms with van der Waals surface area (Å²) in [6.45, 7) is 3.00. The van der Waals surface area contributed by atoms with Gasteiger partial charge in [0.25, 0.3) is 0 Å². The summed E-state index contributed by atoms with van der Waals surface area (Å²) in [7, 11) is 0. The lowest BCUT2D eigenvalue weighted by Crippen LogP contribution is -2.23. The van der Waals surface area contributed by atoms with Crippen molar-refractivity contribution in [2.45, 2.75) is 13.3 Å². The van der Waals surface area contributed by atoms with Crippen molar-refractivity contribution in [2.75, 3.05) is 24.7 Å². The summed E-state index contributed by atoms with van der Waals surface area (Å²) in [6, 6.07) is 0. The minimum Gasteiger partial charge on any atom is -0.466 e. The molecule has 0 radical (unpaired) electrons. The first-order valence-electron chi connectivity index (χ1n) is 5.25. The van der Waals surface area contributed by atoms with Crippen LogP contribution in [-0.4, -0.2) is 36.8 Å². The Balaban J connectivity index is 2.00. The molecule has 0 aromatic carbocycles. The summed E-state index contributed by atoms with van der Waals surface area (Å²) in [5.41, 5.74) is 0.614. The maximum absolute atomic E-state index is 11.3. The highest BCUT2D eigenvalue weighted by Crippen LogP contribution is 2.23. The summed E-state index contributed by atoms with van der Waals surface area (Å²) in [5.74, 6) is -0.312. The minimum absolute atomic E-state index is 0.132. The van der Waals surface area contributed by atoms with Crippen molar-refractivity contribution in [1.82, 2.24) is 4.98 Å². The Morgan fingerprint density at radius 2 is 2.53 bits per heavy atom. The second kappa shape index (κ2) is 5.13. The molecule has 17 heavy (non-hydrogen) atoms. The number of thiazole rings is 1. The molecule has 1 amide bonds. The monoisotopic (exact) mass is 256 g/mol. The molecular formula is C10H12N2O4S. The Kier molecular flexibility index (Phi) is 3.58. The molecule has 1 aromatic rings. The van der Waals surface area contributed by atoms with E-state index in [2.05, 4.69) is 4.98 Å². The SMILES string of the molecule is CCOC(=O)Cc1csc(N2CCOC2=O)n1. The van der Waals surface area contributed by atoms with E-state index in [0.717, 1.165) is 0 Å². The predicted octanol–water partition coefficient (Wildman–Crippen LogP) is 1.21. The van der Waals surface area contributed by atoms with E-state index >= 15 is 0 Å². The third kappa shape index (κ3) is 2.73. The molecule has 0 aliphatic carbocycles. The van der Waals surface area contributed by atoms with Gasteiger partial charge in [-0.15, -0.1) is 11.3 Å². The molecule has 0 saturated carbocycles. The van der Waals surface area contributed by atoms with E-state index in [1.807, 2.05) is 0 Å². The van der Waals surface area contributed by atoms with Gasteiger partial charge in [0, 0.05) is 5.38 Å². The van der Waals surface area contributed by atoms with Gasteiger partial charge in [-0.3, -0.25) is 4.79 Å². The number of hydrogen-bond acceptors (Lipinski definition) is 6. The molecule has 1 aromatic heterocycles. The van der Waals surface area contributed by atoms with Crippen LogP contribution in [0.15, 0.2) is 5.38 Å². The summed E-state index contributed by atoms with van der Waals surface area (Å²) in [5, 5.41) is 2.31. The van der Waals surface area contributed by atoms with Crippen LogP contribution in [0.25, 0.3) is 0 Å². The molecule has 7 heteroatoms. The molecule has 1 fully saturated rings.